The van der Waals surface area contributed by atoms with Crippen LogP contribution in [0, 0.1) is 0 Å². The van der Waals surface area contributed by atoms with E-state index in [1.165, 1.54) is 0 Å². The highest BCUT2D eigenvalue weighted by Gasteiger charge is 2.28. The molecule has 0 amide bonds. The van der Waals surface area contributed by atoms with Gasteiger partial charge in [-0.15, -0.1) is 0 Å². The lowest BCUT2D eigenvalue weighted by molar-refractivity contribution is 0.477. The van der Waals surface area contributed by atoms with E-state index in [1.807, 2.05) is 30.3 Å². The predicted molar refractivity (Wildman–Crippen MR) is 67.9 cm³/mol. The first kappa shape index (κ1) is 13.3. The van der Waals surface area contributed by atoms with Gasteiger partial charge in [0.25, 0.3) is 0 Å². The third kappa shape index (κ3) is 4.87. The summed E-state index contributed by atoms with van der Waals surface area (Å²) in [5, 5.41) is 0. The Labute approximate surface area is 98.6 Å². The lowest BCUT2D eigenvalue weighted by atomic mass is 10.1. The van der Waals surface area contributed by atoms with Crippen LogP contribution in [0.3, 0.4) is 0 Å². The van der Waals surface area contributed by atoms with E-state index in [-0.39, 0.29) is 5.66 Å². The first-order valence-corrected chi connectivity index (χ1v) is 7.21. The fourth-order valence-electron chi connectivity index (χ4n) is 1.81. The van der Waals surface area contributed by atoms with Crippen molar-refractivity contribution in [1.29, 1.82) is 0 Å². The molecule has 1 N–H and O–H groups in total. The molecule has 0 bridgehead atoms. The van der Waals surface area contributed by atoms with E-state index in [0.717, 1.165) is 37.7 Å². The van der Waals surface area contributed by atoms with E-state index in [9.17, 15) is 9.46 Å². The number of rotatable bonds is 7. The monoisotopic (exact) mass is 239 g/mol. The predicted octanol–water partition coefficient (Wildman–Crippen LogP) is 3.91. The molecule has 0 saturated carbocycles. The Morgan fingerprint density at radius 1 is 1.25 bits per heavy atom. The molecule has 1 aromatic carbocycles. The number of unbranched alkanes of at least 4 members (excludes halogenated alkanes) is 2. The molecular weight excluding hydrogens is 219 g/mol. The van der Waals surface area contributed by atoms with Crippen molar-refractivity contribution < 1.29 is 9.46 Å². The van der Waals surface area contributed by atoms with Crippen LogP contribution in [0.4, 0.5) is 0 Å². The van der Waals surface area contributed by atoms with Gasteiger partial charge in [0, 0.05) is 6.42 Å². The van der Waals surface area contributed by atoms with E-state index in [4.69, 9.17) is 0 Å². The summed E-state index contributed by atoms with van der Waals surface area (Å²) >= 11 is 0. The Hall–Kier alpha value is -0.720. The van der Waals surface area contributed by atoms with Crippen molar-refractivity contribution in [3.63, 3.8) is 0 Å². The summed E-state index contributed by atoms with van der Waals surface area (Å²) in [6.45, 7) is 2.14. The summed E-state index contributed by atoms with van der Waals surface area (Å²) in [5.74, 6) is 0. The van der Waals surface area contributed by atoms with E-state index in [1.54, 1.807) is 0 Å². The van der Waals surface area contributed by atoms with Crippen LogP contribution >= 0.6 is 8.03 Å². The summed E-state index contributed by atoms with van der Waals surface area (Å²) in [7, 11) is -2.05. The summed E-state index contributed by atoms with van der Waals surface area (Å²) in [4.78, 5) is 9.28. The van der Waals surface area contributed by atoms with Crippen LogP contribution in [0.5, 0.6) is 0 Å². The molecular formula is C13H20O2P+. The van der Waals surface area contributed by atoms with Gasteiger partial charge in [0.05, 0.1) is 0 Å². The van der Waals surface area contributed by atoms with E-state index >= 15 is 0 Å². The Balaban J connectivity index is 2.48. The zero-order valence-electron chi connectivity index (χ0n) is 9.80. The van der Waals surface area contributed by atoms with Gasteiger partial charge in [-0.25, -0.2) is 0 Å². The maximum absolute atomic E-state index is 11.2. The summed E-state index contributed by atoms with van der Waals surface area (Å²) in [6.07, 6.45) is 4.93. The van der Waals surface area contributed by atoms with Crippen LogP contribution in [0.15, 0.2) is 30.3 Å². The van der Waals surface area contributed by atoms with Gasteiger partial charge in [0.1, 0.15) is 0 Å². The topological polar surface area (TPSA) is 37.3 Å². The van der Waals surface area contributed by atoms with Crippen molar-refractivity contribution in [1.82, 2.24) is 0 Å². The van der Waals surface area contributed by atoms with Gasteiger partial charge in [-0.05, 0) is 23.0 Å². The van der Waals surface area contributed by atoms with Crippen molar-refractivity contribution in [2.75, 3.05) is 0 Å². The minimum atomic E-state index is -2.05. The molecule has 88 valence electrons. The first-order valence-electron chi connectivity index (χ1n) is 5.93. The molecule has 1 aromatic rings. The second-order valence-electron chi connectivity index (χ2n) is 4.14. The lowest BCUT2D eigenvalue weighted by Crippen LogP contribution is -2.06. The Kier molecular flexibility index (Phi) is 6.29. The first-order chi connectivity index (χ1) is 7.74. The van der Waals surface area contributed by atoms with Crippen LogP contribution in [-0.2, 0) is 11.0 Å². The van der Waals surface area contributed by atoms with Crippen LogP contribution in [-0.4, -0.2) is 10.6 Å². The number of hydrogen-bond donors (Lipinski definition) is 1. The maximum atomic E-state index is 11.2. The van der Waals surface area contributed by atoms with Crippen LogP contribution in [0.25, 0.3) is 0 Å². The fourth-order valence-corrected chi connectivity index (χ4v) is 2.58. The minimum Gasteiger partial charge on any atom is -0.161 e. The van der Waals surface area contributed by atoms with E-state index in [2.05, 4.69) is 6.92 Å². The maximum Gasteiger partial charge on any atom is 0.509 e. The van der Waals surface area contributed by atoms with Crippen molar-refractivity contribution in [3.05, 3.63) is 35.9 Å². The second-order valence-corrected chi connectivity index (χ2v) is 5.48. The van der Waals surface area contributed by atoms with Crippen molar-refractivity contribution in [2.24, 2.45) is 0 Å². The van der Waals surface area contributed by atoms with Gasteiger partial charge in [-0.1, -0.05) is 50.1 Å². The molecule has 2 unspecified atom stereocenters. The molecule has 2 atom stereocenters. The molecule has 2 nitrogen and oxygen atoms in total. The standard InChI is InChI=1S/C13H19O2P/c1-2-3-5-10-13(16(14)15)11-12-8-6-4-7-9-12/h4,6-9,13H,2-3,5,10-11H2,1H3/p+1. The zero-order chi connectivity index (χ0) is 11.8. The number of benzene rings is 1. The Bertz CT molecular complexity index is 311. The molecule has 0 fully saturated rings. The molecule has 0 saturated heterocycles. The second kappa shape index (κ2) is 7.54. The van der Waals surface area contributed by atoms with Crippen molar-refractivity contribution >= 4 is 8.03 Å². The zero-order valence-corrected chi connectivity index (χ0v) is 10.7. The Morgan fingerprint density at radius 3 is 2.50 bits per heavy atom. The highest BCUT2D eigenvalue weighted by molar-refractivity contribution is 7.38. The lowest BCUT2D eigenvalue weighted by Gasteiger charge is -2.04. The van der Waals surface area contributed by atoms with E-state index < -0.39 is 8.03 Å². The van der Waals surface area contributed by atoms with Gasteiger partial charge in [0.2, 0.25) is 0 Å². The van der Waals surface area contributed by atoms with Gasteiger partial charge >= 0.3 is 8.03 Å². The molecule has 0 aliphatic heterocycles. The van der Waals surface area contributed by atoms with Gasteiger partial charge in [0.15, 0.2) is 5.66 Å². The van der Waals surface area contributed by atoms with Gasteiger partial charge < -0.3 is 0 Å². The SMILES string of the molecule is CCCCCC(Cc1ccccc1)[P+](=O)O. The quantitative estimate of drug-likeness (QED) is 0.578. The van der Waals surface area contributed by atoms with Crippen molar-refractivity contribution in [3.8, 4) is 0 Å². The molecule has 0 aliphatic rings. The fraction of sp³-hybridized carbons (Fsp3) is 0.538. The van der Waals surface area contributed by atoms with Gasteiger partial charge in [-0.3, -0.25) is 0 Å². The third-order valence-electron chi connectivity index (χ3n) is 2.77. The molecule has 0 radical (unpaired) electrons. The minimum absolute atomic E-state index is 0.0797. The third-order valence-corrected chi connectivity index (χ3v) is 3.83. The molecule has 1 rings (SSSR count). The molecule has 0 aliphatic carbocycles. The summed E-state index contributed by atoms with van der Waals surface area (Å²) < 4.78 is 11.2. The smallest absolute Gasteiger partial charge is 0.161 e. The molecule has 0 spiro atoms. The largest absolute Gasteiger partial charge is 0.509 e. The Morgan fingerprint density at radius 2 is 1.94 bits per heavy atom. The highest BCUT2D eigenvalue weighted by Crippen LogP contribution is 2.30. The van der Waals surface area contributed by atoms with Crippen LogP contribution in [0.1, 0.15) is 38.2 Å². The van der Waals surface area contributed by atoms with E-state index in [0.29, 0.717) is 0 Å². The normalized spacial score (nSPS) is 13.5. The van der Waals surface area contributed by atoms with Gasteiger partial charge in [-0.2, -0.15) is 4.89 Å². The van der Waals surface area contributed by atoms with Crippen LogP contribution in [0.2, 0.25) is 0 Å². The summed E-state index contributed by atoms with van der Waals surface area (Å²) in [6, 6.07) is 9.96. The molecule has 3 heteroatoms. The summed E-state index contributed by atoms with van der Waals surface area (Å²) in [5.41, 5.74) is 1.07. The van der Waals surface area contributed by atoms with Crippen molar-refractivity contribution in [2.45, 2.75) is 44.7 Å². The molecule has 16 heavy (non-hydrogen) atoms. The molecule has 0 aromatic heterocycles. The average molecular weight is 239 g/mol. The number of hydrogen-bond acceptors (Lipinski definition) is 1. The highest BCUT2D eigenvalue weighted by atomic mass is 31.1. The molecule has 0 heterocycles. The van der Waals surface area contributed by atoms with Crippen LogP contribution < -0.4 is 0 Å². The average Bonchev–Trinajstić information content (AvgIpc) is 2.29.